The van der Waals surface area contributed by atoms with E-state index >= 15 is 0 Å². The van der Waals surface area contributed by atoms with Gasteiger partial charge in [0.25, 0.3) is 0 Å². The third-order valence-electron chi connectivity index (χ3n) is 5.13. The maximum Gasteiger partial charge on any atom is 0.119 e. The number of aromatic nitrogens is 3. The summed E-state index contributed by atoms with van der Waals surface area (Å²) < 4.78 is 12.8. The Balaban J connectivity index is 1.88. The summed E-state index contributed by atoms with van der Waals surface area (Å²) in [5.41, 5.74) is 4.52. The second-order valence-corrected chi connectivity index (χ2v) is 7.31. The summed E-state index contributed by atoms with van der Waals surface area (Å²) in [5, 5.41) is 7.56. The van der Waals surface area contributed by atoms with E-state index in [1.165, 1.54) is 0 Å². The van der Waals surface area contributed by atoms with Gasteiger partial charge in [-0.2, -0.15) is 5.10 Å². The Morgan fingerprint density at radius 2 is 1.60 bits per heavy atom. The van der Waals surface area contributed by atoms with Crippen LogP contribution < -0.4 is 9.47 Å². The average Bonchev–Trinajstić information content (AvgIpc) is 3.19. The van der Waals surface area contributed by atoms with Gasteiger partial charge in [0.15, 0.2) is 0 Å². The highest BCUT2D eigenvalue weighted by molar-refractivity contribution is 6.30. The number of fused-ring (bicyclic) bond motifs is 3. The fourth-order valence-electron chi connectivity index (χ4n) is 3.64. The normalized spacial score (nSPS) is 11.2. The average molecular weight is 416 g/mol. The van der Waals surface area contributed by atoms with Crippen molar-refractivity contribution in [3.63, 3.8) is 0 Å². The van der Waals surface area contributed by atoms with Gasteiger partial charge in [-0.15, -0.1) is 0 Å². The van der Waals surface area contributed by atoms with Crippen LogP contribution in [0.3, 0.4) is 0 Å². The Morgan fingerprint density at radius 3 is 2.37 bits per heavy atom. The van der Waals surface area contributed by atoms with E-state index in [1.807, 2.05) is 77.6 Å². The molecule has 3 aromatic carbocycles. The standard InChI is InChI=1S/C24H18ClN3O2/c1-29-18-5-3-4-15(12-18)23-21-14-26-22-11-10-19(30-2)13-20(22)24(21)28(27-23)17-8-6-16(25)7-9-17/h3-14H,1-2H3. The van der Waals surface area contributed by atoms with Crippen molar-refractivity contribution in [3.8, 4) is 28.4 Å². The second kappa shape index (κ2) is 7.35. The van der Waals surface area contributed by atoms with Crippen molar-refractivity contribution in [1.29, 1.82) is 0 Å². The van der Waals surface area contributed by atoms with E-state index in [0.717, 1.165) is 50.2 Å². The molecule has 5 aromatic rings. The van der Waals surface area contributed by atoms with Crippen molar-refractivity contribution < 1.29 is 9.47 Å². The van der Waals surface area contributed by atoms with Gasteiger partial charge in [-0.05, 0) is 54.6 Å². The van der Waals surface area contributed by atoms with Crippen molar-refractivity contribution in [2.24, 2.45) is 0 Å². The van der Waals surface area contributed by atoms with Crippen LogP contribution in [-0.2, 0) is 0 Å². The zero-order valence-corrected chi connectivity index (χ0v) is 17.2. The maximum atomic E-state index is 6.12. The molecule has 0 aliphatic heterocycles. The van der Waals surface area contributed by atoms with Crippen LogP contribution in [0.1, 0.15) is 0 Å². The molecular weight excluding hydrogens is 398 g/mol. The van der Waals surface area contributed by atoms with Gasteiger partial charge < -0.3 is 9.47 Å². The molecule has 5 nitrogen and oxygen atoms in total. The topological polar surface area (TPSA) is 49.2 Å². The Labute approximate surface area is 178 Å². The lowest BCUT2D eigenvalue weighted by molar-refractivity contribution is 0.415. The first-order chi connectivity index (χ1) is 14.7. The van der Waals surface area contributed by atoms with E-state index in [4.69, 9.17) is 26.2 Å². The summed E-state index contributed by atoms with van der Waals surface area (Å²) >= 11 is 6.12. The summed E-state index contributed by atoms with van der Waals surface area (Å²) in [7, 11) is 3.32. The Kier molecular flexibility index (Phi) is 4.52. The summed E-state index contributed by atoms with van der Waals surface area (Å²) in [4.78, 5) is 4.67. The number of benzene rings is 3. The van der Waals surface area contributed by atoms with Crippen LogP contribution >= 0.6 is 11.6 Å². The van der Waals surface area contributed by atoms with E-state index in [2.05, 4.69) is 4.98 Å². The molecule has 6 heteroatoms. The first-order valence-corrected chi connectivity index (χ1v) is 9.81. The van der Waals surface area contributed by atoms with E-state index in [9.17, 15) is 0 Å². The van der Waals surface area contributed by atoms with Crippen molar-refractivity contribution in [2.75, 3.05) is 14.2 Å². The van der Waals surface area contributed by atoms with Gasteiger partial charge in [0.1, 0.15) is 17.2 Å². The van der Waals surface area contributed by atoms with Crippen molar-refractivity contribution >= 4 is 33.4 Å². The highest BCUT2D eigenvalue weighted by Crippen LogP contribution is 2.36. The molecule has 0 saturated carbocycles. The highest BCUT2D eigenvalue weighted by atomic mass is 35.5. The van der Waals surface area contributed by atoms with Gasteiger partial charge in [0.2, 0.25) is 0 Å². The van der Waals surface area contributed by atoms with Crippen molar-refractivity contribution in [3.05, 3.63) is 77.9 Å². The highest BCUT2D eigenvalue weighted by Gasteiger charge is 2.18. The fraction of sp³-hybridized carbons (Fsp3) is 0.0833. The number of rotatable bonds is 4. The Bertz CT molecular complexity index is 1380. The molecule has 30 heavy (non-hydrogen) atoms. The predicted octanol–water partition coefficient (Wildman–Crippen LogP) is 5.91. The molecule has 0 radical (unpaired) electrons. The predicted molar refractivity (Wildman–Crippen MR) is 120 cm³/mol. The largest absolute Gasteiger partial charge is 0.497 e. The molecular formula is C24H18ClN3O2. The van der Waals surface area contributed by atoms with Crippen LogP contribution in [-0.4, -0.2) is 29.0 Å². The molecule has 148 valence electrons. The molecule has 2 aromatic heterocycles. The maximum absolute atomic E-state index is 6.12. The lowest BCUT2D eigenvalue weighted by Crippen LogP contribution is -1.97. The van der Waals surface area contributed by atoms with Crippen LogP contribution in [0.4, 0.5) is 0 Å². The van der Waals surface area contributed by atoms with Crippen LogP contribution in [0.2, 0.25) is 5.02 Å². The third-order valence-corrected chi connectivity index (χ3v) is 5.38. The van der Waals surface area contributed by atoms with Crippen LogP contribution in [0.15, 0.2) is 72.9 Å². The summed E-state index contributed by atoms with van der Waals surface area (Å²) in [6.45, 7) is 0. The molecule has 0 aliphatic carbocycles. The minimum atomic E-state index is 0.677. The van der Waals surface area contributed by atoms with Gasteiger partial charge >= 0.3 is 0 Å². The van der Waals surface area contributed by atoms with Gasteiger partial charge in [-0.3, -0.25) is 4.98 Å². The third kappa shape index (κ3) is 3.04. The number of hydrogen-bond acceptors (Lipinski definition) is 4. The zero-order valence-electron chi connectivity index (χ0n) is 16.5. The lowest BCUT2D eigenvalue weighted by Gasteiger charge is -2.07. The number of methoxy groups -OCH3 is 2. The van der Waals surface area contributed by atoms with E-state index in [1.54, 1.807) is 14.2 Å². The van der Waals surface area contributed by atoms with Gasteiger partial charge in [0, 0.05) is 27.6 Å². The molecule has 0 aliphatic rings. The Hall–Kier alpha value is -3.57. The summed E-state index contributed by atoms with van der Waals surface area (Å²) in [6, 6.07) is 21.4. The number of nitrogens with zero attached hydrogens (tertiary/aromatic N) is 3. The van der Waals surface area contributed by atoms with Crippen LogP contribution in [0, 0.1) is 0 Å². The fourth-order valence-corrected chi connectivity index (χ4v) is 3.77. The number of halogens is 1. The van der Waals surface area contributed by atoms with Crippen LogP contribution in [0.25, 0.3) is 38.8 Å². The molecule has 0 atom stereocenters. The minimum Gasteiger partial charge on any atom is -0.497 e. The smallest absolute Gasteiger partial charge is 0.119 e. The molecule has 0 amide bonds. The Morgan fingerprint density at radius 1 is 0.833 bits per heavy atom. The molecule has 0 bridgehead atoms. The number of ether oxygens (including phenoxy) is 2. The quantitative estimate of drug-likeness (QED) is 0.366. The monoisotopic (exact) mass is 415 g/mol. The molecule has 0 spiro atoms. The zero-order chi connectivity index (χ0) is 20.7. The van der Waals surface area contributed by atoms with Crippen LogP contribution in [0.5, 0.6) is 11.5 Å². The van der Waals surface area contributed by atoms with Crippen molar-refractivity contribution in [1.82, 2.24) is 14.8 Å². The first-order valence-electron chi connectivity index (χ1n) is 9.44. The number of pyridine rings is 1. The van der Waals surface area contributed by atoms with Gasteiger partial charge in [0.05, 0.1) is 30.9 Å². The van der Waals surface area contributed by atoms with E-state index in [-0.39, 0.29) is 0 Å². The van der Waals surface area contributed by atoms with Gasteiger partial charge in [-0.1, -0.05) is 23.7 Å². The molecule has 5 rings (SSSR count). The second-order valence-electron chi connectivity index (χ2n) is 6.87. The number of hydrogen-bond donors (Lipinski definition) is 0. The minimum absolute atomic E-state index is 0.677. The van der Waals surface area contributed by atoms with Crippen molar-refractivity contribution in [2.45, 2.75) is 0 Å². The lowest BCUT2D eigenvalue weighted by atomic mass is 10.1. The first kappa shape index (κ1) is 18.5. The molecule has 0 saturated heterocycles. The van der Waals surface area contributed by atoms with E-state index in [0.29, 0.717) is 5.02 Å². The molecule has 2 heterocycles. The molecule has 0 N–H and O–H groups in total. The summed E-state index contributed by atoms with van der Waals surface area (Å²) in [5.74, 6) is 1.54. The van der Waals surface area contributed by atoms with Gasteiger partial charge in [-0.25, -0.2) is 4.68 Å². The summed E-state index contributed by atoms with van der Waals surface area (Å²) in [6.07, 6.45) is 1.87. The molecule has 0 fully saturated rings. The SMILES string of the molecule is COc1cccc(-c2nn(-c3ccc(Cl)cc3)c3c2cnc2ccc(OC)cc23)c1. The van der Waals surface area contributed by atoms with E-state index < -0.39 is 0 Å². The molecule has 0 unspecified atom stereocenters.